The van der Waals surface area contributed by atoms with Gasteiger partial charge in [-0.15, -0.1) is 12.6 Å². The van der Waals surface area contributed by atoms with Crippen LogP contribution in [0.5, 0.6) is 0 Å². The van der Waals surface area contributed by atoms with Crippen LogP contribution in [0.4, 0.5) is 0 Å². The smallest absolute Gasteiger partial charge is 0.244 e. The van der Waals surface area contributed by atoms with Crippen LogP contribution in [-0.2, 0) is 26.1 Å². The zero-order valence-electron chi connectivity index (χ0n) is 18.5. The van der Waals surface area contributed by atoms with Crippen molar-refractivity contribution in [2.45, 2.75) is 47.0 Å². The Balaban J connectivity index is 1.24. The number of nitrogens with one attached hydrogen (secondary N) is 1. The molecule has 5 rings (SSSR count). The van der Waals surface area contributed by atoms with Crippen molar-refractivity contribution in [2.24, 2.45) is 0 Å². The summed E-state index contributed by atoms with van der Waals surface area (Å²) in [5, 5.41) is 3.53. The van der Waals surface area contributed by atoms with Crippen LogP contribution in [0.2, 0.25) is 0 Å². The maximum Gasteiger partial charge on any atom is 0.244 e. The van der Waals surface area contributed by atoms with Crippen molar-refractivity contribution < 1.29 is 17.9 Å². The summed E-state index contributed by atoms with van der Waals surface area (Å²) in [7, 11) is -3.58. The largest absolute Gasteiger partial charge is 0.378 e. The van der Waals surface area contributed by atoms with E-state index >= 15 is 0 Å². The third kappa shape index (κ3) is 5.00. The normalized spacial score (nSPS) is 28.8. The van der Waals surface area contributed by atoms with Gasteiger partial charge in [-0.1, -0.05) is 42.5 Å². The summed E-state index contributed by atoms with van der Waals surface area (Å²) in [5.41, 5.74) is 1.17. The van der Waals surface area contributed by atoms with E-state index in [0.29, 0.717) is 50.4 Å². The molecular formula is C24H31N3O4S2. The van der Waals surface area contributed by atoms with Crippen LogP contribution in [0.3, 0.4) is 0 Å². The van der Waals surface area contributed by atoms with E-state index in [-0.39, 0.29) is 23.1 Å². The molecule has 0 aliphatic carbocycles. The molecule has 4 atom stereocenters. The highest BCUT2D eigenvalue weighted by molar-refractivity contribution is 7.90. The maximum absolute atomic E-state index is 13.3. The molecule has 3 heterocycles. The minimum absolute atomic E-state index is 0.0524. The minimum atomic E-state index is -3.58. The number of rotatable bonds is 7. The predicted molar refractivity (Wildman–Crippen MR) is 129 cm³/mol. The molecule has 1 N–H and O–H groups in total. The first kappa shape index (κ1) is 23.3. The van der Waals surface area contributed by atoms with Crippen molar-refractivity contribution >= 4 is 22.7 Å². The lowest BCUT2D eigenvalue weighted by molar-refractivity contribution is -0.0529. The number of thiol groups is 1. The Hall–Kier alpha value is -1.46. The lowest BCUT2D eigenvalue weighted by Gasteiger charge is -2.40. The molecule has 3 aliphatic rings. The molecule has 2 aromatic carbocycles. The average molecular weight is 490 g/mol. The number of nitrogens with zero attached hydrogens (tertiary/aromatic N) is 2. The van der Waals surface area contributed by atoms with Crippen LogP contribution in [0.25, 0.3) is 0 Å². The van der Waals surface area contributed by atoms with Crippen LogP contribution in [0.15, 0.2) is 64.4 Å². The average Bonchev–Trinajstić information content (AvgIpc) is 3.00. The predicted octanol–water partition coefficient (Wildman–Crippen LogP) is 2.00. The zero-order chi connectivity index (χ0) is 22.8. The van der Waals surface area contributed by atoms with Gasteiger partial charge < -0.3 is 14.8 Å². The summed E-state index contributed by atoms with van der Waals surface area (Å²) in [6.45, 7) is 4.25. The third-order valence-electron chi connectivity index (χ3n) is 6.87. The molecule has 3 fully saturated rings. The number of hydrogen-bond acceptors (Lipinski definition) is 7. The van der Waals surface area contributed by atoms with E-state index < -0.39 is 10.0 Å². The number of sulfonamides is 1. The zero-order valence-corrected chi connectivity index (χ0v) is 20.3. The first-order chi connectivity index (χ1) is 16.0. The van der Waals surface area contributed by atoms with E-state index in [1.807, 2.05) is 18.2 Å². The maximum atomic E-state index is 13.3. The highest BCUT2D eigenvalue weighted by Crippen LogP contribution is 2.32. The van der Waals surface area contributed by atoms with Gasteiger partial charge in [-0.05, 0) is 24.1 Å². The van der Waals surface area contributed by atoms with Crippen LogP contribution < -0.4 is 5.32 Å². The van der Waals surface area contributed by atoms with Crippen molar-refractivity contribution in [1.82, 2.24) is 14.5 Å². The van der Waals surface area contributed by atoms with Gasteiger partial charge in [0.1, 0.15) is 0 Å². The summed E-state index contributed by atoms with van der Waals surface area (Å²) < 4.78 is 40.3. The first-order valence-electron chi connectivity index (χ1n) is 11.5. The molecule has 2 bridgehead atoms. The molecule has 0 radical (unpaired) electrons. The van der Waals surface area contributed by atoms with Crippen LogP contribution in [-0.4, -0.2) is 81.2 Å². The van der Waals surface area contributed by atoms with Gasteiger partial charge in [0, 0.05) is 43.2 Å². The molecule has 0 saturated carbocycles. The van der Waals surface area contributed by atoms with Gasteiger partial charge in [0.05, 0.1) is 36.9 Å². The van der Waals surface area contributed by atoms with Crippen molar-refractivity contribution in [3.8, 4) is 0 Å². The molecule has 9 heteroatoms. The standard InChI is InChI=1S/C24H31N3O4S2/c28-33(29,24-9-5-4-8-23(24)32)26-11-10-25-19(13-26)14-27-20-12-22(21(27)17-30-16-20)31-15-18-6-2-1-3-7-18/h1-9,19-22,25,32H,10-17H2/t19-,20?,21?,22?/m1/s1. The van der Waals surface area contributed by atoms with Crippen LogP contribution in [0.1, 0.15) is 12.0 Å². The second kappa shape index (κ2) is 10.0. The Morgan fingerprint density at radius 2 is 1.88 bits per heavy atom. The van der Waals surface area contributed by atoms with Crippen molar-refractivity contribution in [3.05, 3.63) is 60.2 Å². The van der Waals surface area contributed by atoms with E-state index in [1.54, 1.807) is 28.6 Å². The molecule has 0 aromatic heterocycles. The molecular weight excluding hydrogens is 458 g/mol. The number of hydrogen-bond donors (Lipinski definition) is 2. The van der Waals surface area contributed by atoms with E-state index in [2.05, 4.69) is 35.0 Å². The topological polar surface area (TPSA) is 71.1 Å². The molecule has 2 aromatic rings. The van der Waals surface area contributed by atoms with Gasteiger partial charge in [0.25, 0.3) is 0 Å². The molecule has 33 heavy (non-hydrogen) atoms. The van der Waals surface area contributed by atoms with E-state index in [0.717, 1.165) is 13.0 Å². The fraction of sp³-hybridized carbons (Fsp3) is 0.500. The molecule has 7 nitrogen and oxygen atoms in total. The molecule has 3 unspecified atom stereocenters. The Labute approximate surface area is 201 Å². The second-order valence-corrected chi connectivity index (χ2v) is 11.4. The summed E-state index contributed by atoms with van der Waals surface area (Å²) in [6.07, 6.45) is 1.07. The minimum Gasteiger partial charge on any atom is -0.378 e. The molecule has 0 spiro atoms. The molecule has 3 saturated heterocycles. The Bertz CT molecular complexity index is 1050. The summed E-state index contributed by atoms with van der Waals surface area (Å²) in [6, 6.07) is 17.7. The molecule has 0 amide bonds. The summed E-state index contributed by atoms with van der Waals surface area (Å²) in [4.78, 5) is 3.23. The number of fused-ring (bicyclic) bond motifs is 2. The Morgan fingerprint density at radius 1 is 1.09 bits per heavy atom. The SMILES string of the molecule is O=S(=O)(c1ccccc1S)N1CCN[C@@H](CN2C3COCC2C(OCc2ccccc2)C3)C1. The van der Waals surface area contributed by atoms with Gasteiger partial charge in [-0.3, -0.25) is 4.90 Å². The monoisotopic (exact) mass is 489 g/mol. The second-order valence-electron chi connectivity index (χ2n) is 9.01. The van der Waals surface area contributed by atoms with Gasteiger partial charge in [-0.25, -0.2) is 8.42 Å². The van der Waals surface area contributed by atoms with Crippen molar-refractivity contribution in [2.75, 3.05) is 39.4 Å². The fourth-order valence-electron chi connectivity index (χ4n) is 5.18. The molecule has 3 aliphatic heterocycles. The quantitative estimate of drug-likeness (QED) is 0.580. The number of ether oxygens (including phenoxy) is 2. The van der Waals surface area contributed by atoms with Gasteiger partial charge in [0.2, 0.25) is 10.0 Å². The third-order valence-corrected chi connectivity index (χ3v) is 9.33. The van der Waals surface area contributed by atoms with Gasteiger partial charge >= 0.3 is 0 Å². The van der Waals surface area contributed by atoms with E-state index in [1.165, 1.54) is 5.56 Å². The number of morpholine rings is 1. The Kier molecular flexibility index (Phi) is 7.08. The summed E-state index contributed by atoms with van der Waals surface area (Å²) >= 11 is 4.37. The van der Waals surface area contributed by atoms with Crippen molar-refractivity contribution in [1.29, 1.82) is 0 Å². The lowest BCUT2D eigenvalue weighted by Crippen LogP contribution is -2.59. The van der Waals surface area contributed by atoms with E-state index in [9.17, 15) is 8.42 Å². The Morgan fingerprint density at radius 3 is 2.70 bits per heavy atom. The molecule has 178 valence electrons. The summed E-state index contributed by atoms with van der Waals surface area (Å²) in [5.74, 6) is 0. The highest BCUT2D eigenvalue weighted by Gasteiger charge is 2.46. The lowest BCUT2D eigenvalue weighted by atomic mass is 10.1. The number of piperazine rings is 1. The van der Waals surface area contributed by atoms with Gasteiger partial charge in [-0.2, -0.15) is 4.31 Å². The first-order valence-corrected chi connectivity index (χ1v) is 13.4. The van der Waals surface area contributed by atoms with Crippen molar-refractivity contribution in [3.63, 3.8) is 0 Å². The highest BCUT2D eigenvalue weighted by atomic mass is 32.2. The van der Waals surface area contributed by atoms with Crippen LogP contribution in [0, 0.1) is 0 Å². The fourth-order valence-corrected chi connectivity index (χ4v) is 7.26. The van der Waals surface area contributed by atoms with Gasteiger partial charge in [0.15, 0.2) is 0 Å². The van der Waals surface area contributed by atoms with E-state index in [4.69, 9.17) is 9.47 Å². The number of benzene rings is 2. The van der Waals surface area contributed by atoms with Crippen LogP contribution >= 0.6 is 12.6 Å².